The summed E-state index contributed by atoms with van der Waals surface area (Å²) < 4.78 is 5.76. The van der Waals surface area contributed by atoms with Crippen LogP contribution in [-0.4, -0.2) is 23.5 Å². The summed E-state index contributed by atoms with van der Waals surface area (Å²) in [5, 5.41) is 6.64. The van der Waals surface area contributed by atoms with E-state index in [-0.39, 0.29) is 29.4 Å². The molecule has 1 heterocycles. The molecule has 6 heteroatoms. The molecular weight excluding hydrogens is 391 g/mol. The van der Waals surface area contributed by atoms with Gasteiger partial charge >= 0.3 is 0 Å². The van der Waals surface area contributed by atoms with E-state index in [1.807, 2.05) is 0 Å². The highest BCUT2D eigenvalue weighted by Crippen LogP contribution is 2.22. The molecule has 2 N–H and O–H groups in total. The lowest BCUT2D eigenvalue weighted by atomic mass is 9.94. The van der Waals surface area contributed by atoms with Gasteiger partial charge in [-0.3, -0.25) is 0 Å². The molecule has 5 nitrogen and oxygen atoms in total. The lowest BCUT2D eigenvalue weighted by molar-refractivity contribution is 0.383. The fourth-order valence-corrected chi connectivity index (χ4v) is 1.58. The normalized spacial score (nSPS) is 13.7. The standard InChI is InChI=1S/C16H30N4O.HI/c1-8-17-15(20-12(4)11(2)3)19-10-14-18-9-13(21-14)16(5,6)7;/h9,11-12H,8,10H2,1-7H3,(H2,17,19,20);1H. The van der Waals surface area contributed by atoms with Gasteiger partial charge < -0.3 is 15.1 Å². The van der Waals surface area contributed by atoms with Crippen LogP contribution in [0, 0.1) is 5.92 Å². The van der Waals surface area contributed by atoms with Crippen molar-refractivity contribution in [2.24, 2.45) is 10.9 Å². The van der Waals surface area contributed by atoms with Crippen LogP contribution in [0.1, 0.15) is 60.1 Å². The Morgan fingerprint density at radius 2 is 1.95 bits per heavy atom. The van der Waals surface area contributed by atoms with Gasteiger partial charge in [-0.05, 0) is 19.8 Å². The molecule has 0 aliphatic heterocycles. The molecule has 128 valence electrons. The monoisotopic (exact) mass is 422 g/mol. The van der Waals surface area contributed by atoms with Crippen LogP contribution in [0.15, 0.2) is 15.6 Å². The number of hydrogen-bond acceptors (Lipinski definition) is 3. The average Bonchev–Trinajstić information content (AvgIpc) is 2.84. The predicted octanol–water partition coefficient (Wildman–Crippen LogP) is 3.69. The molecule has 0 aliphatic rings. The largest absolute Gasteiger partial charge is 0.443 e. The first kappa shape index (κ1) is 21.2. The molecule has 0 amide bonds. The Hall–Kier alpha value is -0.790. The summed E-state index contributed by atoms with van der Waals surface area (Å²) in [5.41, 5.74) is -0.0239. The van der Waals surface area contributed by atoms with E-state index >= 15 is 0 Å². The molecule has 1 unspecified atom stereocenters. The Morgan fingerprint density at radius 3 is 2.41 bits per heavy atom. The number of aromatic nitrogens is 1. The maximum Gasteiger partial charge on any atom is 0.216 e. The summed E-state index contributed by atoms with van der Waals surface area (Å²) >= 11 is 0. The molecule has 0 saturated carbocycles. The first-order valence-corrected chi connectivity index (χ1v) is 7.74. The van der Waals surface area contributed by atoms with Gasteiger partial charge in [0.2, 0.25) is 5.89 Å². The Balaban J connectivity index is 0.00000441. The molecule has 0 saturated heterocycles. The second kappa shape index (κ2) is 9.37. The van der Waals surface area contributed by atoms with Gasteiger partial charge in [0.25, 0.3) is 0 Å². The van der Waals surface area contributed by atoms with Crippen LogP contribution in [0.5, 0.6) is 0 Å². The third-order valence-corrected chi connectivity index (χ3v) is 3.37. The lowest BCUT2D eigenvalue weighted by Gasteiger charge is -2.20. The zero-order valence-corrected chi connectivity index (χ0v) is 17.2. The van der Waals surface area contributed by atoms with Gasteiger partial charge in [-0.1, -0.05) is 34.6 Å². The Morgan fingerprint density at radius 1 is 1.32 bits per heavy atom. The summed E-state index contributed by atoms with van der Waals surface area (Å²) in [5.74, 6) is 2.88. The number of rotatable bonds is 5. The zero-order valence-electron chi connectivity index (χ0n) is 14.9. The Labute approximate surface area is 151 Å². The van der Waals surface area contributed by atoms with Crippen LogP contribution in [0.2, 0.25) is 0 Å². The van der Waals surface area contributed by atoms with Crippen LogP contribution in [0.25, 0.3) is 0 Å². The molecule has 0 fully saturated rings. The number of nitrogens with zero attached hydrogens (tertiary/aromatic N) is 2. The average molecular weight is 422 g/mol. The number of aliphatic imine (C=N–C) groups is 1. The van der Waals surface area contributed by atoms with Crippen LogP contribution in [-0.2, 0) is 12.0 Å². The topological polar surface area (TPSA) is 62.5 Å². The maximum absolute atomic E-state index is 5.76. The van der Waals surface area contributed by atoms with Gasteiger partial charge in [0, 0.05) is 18.0 Å². The smallest absolute Gasteiger partial charge is 0.216 e. The minimum absolute atomic E-state index is 0. The first-order chi connectivity index (χ1) is 9.74. The van der Waals surface area contributed by atoms with Crippen LogP contribution in [0.4, 0.5) is 0 Å². The third kappa shape index (κ3) is 6.98. The number of oxazole rings is 1. The summed E-state index contributed by atoms with van der Waals surface area (Å²) in [6.45, 7) is 16.2. The van der Waals surface area contributed by atoms with E-state index in [9.17, 15) is 0 Å². The minimum atomic E-state index is -0.0239. The van der Waals surface area contributed by atoms with Gasteiger partial charge in [-0.2, -0.15) is 0 Å². The van der Waals surface area contributed by atoms with Gasteiger partial charge in [0.05, 0.1) is 6.20 Å². The molecule has 0 aliphatic carbocycles. The molecule has 0 aromatic carbocycles. The second-order valence-corrected chi connectivity index (χ2v) is 6.74. The molecule has 22 heavy (non-hydrogen) atoms. The third-order valence-electron chi connectivity index (χ3n) is 3.37. The van der Waals surface area contributed by atoms with Crippen molar-refractivity contribution in [2.75, 3.05) is 6.54 Å². The molecule has 1 aromatic rings. The molecule has 1 atom stereocenters. The number of nitrogens with one attached hydrogen (secondary N) is 2. The maximum atomic E-state index is 5.76. The van der Waals surface area contributed by atoms with E-state index in [2.05, 4.69) is 69.1 Å². The van der Waals surface area contributed by atoms with E-state index < -0.39 is 0 Å². The quantitative estimate of drug-likeness (QED) is 0.432. The molecule has 0 bridgehead atoms. The van der Waals surface area contributed by atoms with Crippen molar-refractivity contribution >= 4 is 29.9 Å². The molecule has 1 rings (SSSR count). The lowest BCUT2D eigenvalue weighted by Crippen LogP contribution is -2.44. The fraction of sp³-hybridized carbons (Fsp3) is 0.750. The van der Waals surface area contributed by atoms with Crippen molar-refractivity contribution in [2.45, 2.75) is 66.5 Å². The Kier molecular flexibility index (Phi) is 9.04. The van der Waals surface area contributed by atoms with Crippen molar-refractivity contribution in [3.63, 3.8) is 0 Å². The fourth-order valence-electron chi connectivity index (χ4n) is 1.58. The molecule has 1 aromatic heterocycles. The van der Waals surface area contributed by atoms with Gasteiger partial charge in [-0.25, -0.2) is 9.98 Å². The van der Waals surface area contributed by atoms with Gasteiger partial charge in [-0.15, -0.1) is 24.0 Å². The SMILES string of the molecule is CCNC(=NCc1ncc(C(C)(C)C)o1)NC(C)C(C)C.I. The van der Waals surface area contributed by atoms with E-state index in [1.165, 1.54) is 0 Å². The number of halogens is 1. The Bertz CT molecular complexity index is 463. The predicted molar refractivity (Wildman–Crippen MR) is 103 cm³/mol. The van der Waals surface area contributed by atoms with Crippen molar-refractivity contribution in [3.8, 4) is 0 Å². The highest BCUT2D eigenvalue weighted by molar-refractivity contribution is 14.0. The zero-order chi connectivity index (χ0) is 16.0. The van der Waals surface area contributed by atoms with E-state index in [0.717, 1.165) is 18.3 Å². The van der Waals surface area contributed by atoms with E-state index in [4.69, 9.17) is 4.42 Å². The van der Waals surface area contributed by atoms with Crippen LogP contribution < -0.4 is 10.6 Å². The van der Waals surface area contributed by atoms with Crippen LogP contribution >= 0.6 is 24.0 Å². The number of guanidine groups is 1. The minimum Gasteiger partial charge on any atom is -0.443 e. The first-order valence-electron chi connectivity index (χ1n) is 7.74. The van der Waals surface area contributed by atoms with Gasteiger partial charge in [0.15, 0.2) is 5.96 Å². The summed E-state index contributed by atoms with van der Waals surface area (Å²) in [4.78, 5) is 8.84. The van der Waals surface area contributed by atoms with Crippen molar-refractivity contribution < 1.29 is 4.42 Å². The van der Waals surface area contributed by atoms with Crippen molar-refractivity contribution in [1.29, 1.82) is 0 Å². The summed E-state index contributed by atoms with van der Waals surface area (Å²) in [7, 11) is 0. The number of hydrogen-bond donors (Lipinski definition) is 2. The molecule has 0 radical (unpaired) electrons. The van der Waals surface area contributed by atoms with Gasteiger partial charge in [0.1, 0.15) is 12.3 Å². The molecule has 0 spiro atoms. The van der Waals surface area contributed by atoms with Crippen LogP contribution in [0.3, 0.4) is 0 Å². The molecular formula is C16H31IN4O. The van der Waals surface area contributed by atoms with E-state index in [0.29, 0.717) is 24.4 Å². The highest BCUT2D eigenvalue weighted by atomic mass is 127. The van der Waals surface area contributed by atoms with Crippen molar-refractivity contribution in [1.82, 2.24) is 15.6 Å². The highest BCUT2D eigenvalue weighted by Gasteiger charge is 2.19. The second-order valence-electron chi connectivity index (χ2n) is 6.74. The summed E-state index contributed by atoms with van der Waals surface area (Å²) in [6.07, 6.45) is 1.79. The van der Waals surface area contributed by atoms with E-state index in [1.54, 1.807) is 6.20 Å². The van der Waals surface area contributed by atoms with Crippen molar-refractivity contribution in [3.05, 3.63) is 17.8 Å². The summed E-state index contributed by atoms with van der Waals surface area (Å²) in [6, 6.07) is 0.359.